The lowest BCUT2D eigenvalue weighted by atomic mass is 10.2. The number of hydrogen-bond acceptors (Lipinski definition) is 4. The van der Waals surface area contributed by atoms with Crippen LogP contribution in [0.4, 0.5) is 5.69 Å². The van der Waals surface area contributed by atoms with E-state index in [1.54, 1.807) is 14.1 Å². The number of aromatic nitrogens is 2. The summed E-state index contributed by atoms with van der Waals surface area (Å²) in [5.41, 5.74) is 7.48. The van der Waals surface area contributed by atoms with Gasteiger partial charge in [-0.15, -0.1) is 0 Å². The fourth-order valence-electron chi connectivity index (χ4n) is 1.75. The molecule has 0 spiro atoms. The predicted molar refractivity (Wildman–Crippen MR) is 68.8 cm³/mol. The fraction of sp³-hybridized carbons (Fsp3) is 0.583. The molecule has 1 rings (SSSR count). The zero-order valence-corrected chi connectivity index (χ0v) is 11.3. The fourth-order valence-corrected chi connectivity index (χ4v) is 1.75. The van der Waals surface area contributed by atoms with Gasteiger partial charge in [0.2, 0.25) is 0 Å². The first-order valence-corrected chi connectivity index (χ1v) is 5.89. The Morgan fingerprint density at radius 3 is 2.72 bits per heavy atom. The van der Waals surface area contributed by atoms with Gasteiger partial charge in [0, 0.05) is 20.1 Å². The van der Waals surface area contributed by atoms with Crippen LogP contribution in [-0.2, 0) is 13.5 Å². The third kappa shape index (κ3) is 2.45. The number of hydrogen-bond donors (Lipinski definition) is 1. The van der Waals surface area contributed by atoms with E-state index < -0.39 is 0 Å². The maximum Gasteiger partial charge on any atom is 0.274 e. The molecule has 0 saturated carbocycles. The molecule has 0 saturated heterocycles. The van der Waals surface area contributed by atoms with E-state index >= 15 is 0 Å². The Morgan fingerprint density at radius 1 is 1.67 bits per heavy atom. The van der Waals surface area contributed by atoms with Gasteiger partial charge in [-0.3, -0.25) is 9.48 Å². The molecule has 0 aliphatic rings. The molecule has 6 heteroatoms. The minimum Gasteiger partial charge on any atom is -0.395 e. The van der Waals surface area contributed by atoms with Crippen LogP contribution in [0, 0.1) is 11.3 Å². The average molecular weight is 249 g/mol. The van der Waals surface area contributed by atoms with Gasteiger partial charge in [-0.2, -0.15) is 10.4 Å². The summed E-state index contributed by atoms with van der Waals surface area (Å²) >= 11 is 0. The minimum atomic E-state index is -0.204. The Kier molecular flexibility index (Phi) is 4.32. The highest BCUT2D eigenvalue weighted by atomic mass is 16.2. The molecule has 0 radical (unpaired) electrons. The summed E-state index contributed by atoms with van der Waals surface area (Å²) in [4.78, 5) is 13.8. The lowest BCUT2D eigenvalue weighted by Crippen LogP contribution is -2.36. The Balaban J connectivity index is 3.04. The summed E-state index contributed by atoms with van der Waals surface area (Å²) < 4.78 is 1.51. The molecular weight excluding hydrogens is 230 g/mol. The summed E-state index contributed by atoms with van der Waals surface area (Å²) in [7, 11) is 3.37. The first kappa shape index (κ1) is 14.0. The van der Waals surface area contributed by atoms with Crippen molar-refractivity contribution >= 4 is 11.6 Å². The number of amides is 1. The lowest BCUT2D eigenvalue weighted by Gasteiger charge is -2.23. The standard InChI is InChI=1S/C12H19N5O/c1-5-9-10(14)11(17(4)15-9)12(18)16(3)8(2)6-7-13/h8H,5-6,14H2,1-4H3. The largest absolute Gasteiger partial charge is 0.395 e. The van der Waals surface area contributed by atoms with Crippen molar-refractivity contribution < 1.29 is 4.79 Å². The second-order valence-electron chi connectivity index (χ2n) is 4.31. The first-order chi connectivity index (χ1) is 8.43. The van der Waals surface area contributed by atoms with Crippen LogP contribution >= 0.6 is 0 Å². The van der Waals surface area contributed by atoms with E-state index in [0.29, 0.717) is 24.2 Å². The summed E-state index contributed by atoms with van der Waals surface area (Å²) in [6, 6.07) is 1.90. The first-order valence-electron chi connectivity index (χ1n) is 5.89. The van der Waals surface area contributed by atoms with Crippen LogP contribution in [-0.4, -0.2) is 33.7 Å². The SMILES string of the molecule is CCc1nn(C)c(C(=O)N(C)C(C)CC#N)c1N. The molecule has 1 aromatic heterocycles. The smallest absolute Gasteiger partial charge is 0.274 e. The Morgan fingerprint density at radius 2 is 2.28 bits per heavy atom. The summed E-state index contributed by atoms with van der Waals surface area (Å²) in [6.45, 7) is 3.77. The molecule has 1 heterocycles. The lowest BCUT2D eigenvalue weighted by molar-refractivity contribution is 0.0736. The highest BCUT2D eigenvalue weighted by Gasteiger charge is 2.24. The molecule has 0 fully saturated rings. The van der Waals surface area contributed by atoms with Gasteiger partial charge in [-0.1, -0.05) is 6.92 Å². The molecule has 98 valence electrons. The topological polar surface area (TPSA) is 87.9 Å². The van der Waals surface area contributed by atoms with E-state index in [-0.39, 0.29) is 11.9 Å². The van der Waals surface area contributed by atoms with E-state index in [1.165, 1.54) is 9.58 Å². The molecule has 0 aromatic carbocycles. The summed E-state index contributed by atoms with van der Waals surface area (Å²) in [5, 5.41) is 12.9. The van der Waals surface area contributed by atoms with Crippen LogP contribution in [0.25, 0.3) is 0 Å². The van der Waals surface area contributed by atoms with Crippen LogP contribution in [0.2, 0.25) is 0 Å². The molecule has 1 amide bonds. The van der Waals surface area contributed by atoms with Crippen molar-refractivity contribution in [2.45, 2.75) is 32.7 Å². The van der Waals surface area contributed by atoms with E-state index in [2.05, 4.69) is 11.2 Å². The Labute approximate surface area is 107 Å². The molecule has 1 atom stereocenters. The zero-order valence-electron chi connectivity index (χ0n) is 11.3. The van der Waals surface area contributed by atoms with E-state index in [1.807, 2.05) is 13.8 Å². The van der Waals surface area contributed by atoms with Gasteiger partial charge < -0.3 is 10.6 Å². The maximum absolute atomic E-state index is 12.3. The van der Waals surface area contributed by atoms with E-state index in [4.69, 9.17) is 11.0 Å². The number of nitrogens with zero attached hydrogens (tertiary/aromatic N) is 4. The van der Waals surface area contributed by atoms with Crippen LogP contribution in [0.3, 0.4) is 0 Å². The quantitative estimate of drug-likeness (QED) is 0.860. The molecule has 2 N–H and O–H groups in total. The van der Waals surface area contributed by atoms with Crippen molar-refractivity contribution in [1.29, 1.82) is 5.26 Å². The number of carbonyl (C=O) groups excluding carboxylic acids is 1. The Bertz CT molecular complexity index is 485. The van der Waals surface area contributed by atoms with Crippen LogP contribution in [0.15, 0.2) is 0 Å². The maximum atomic E-state index is 12.3. The molecule has 1 aromatic rings. The summed E-state index contributed by atoms with van der Waals surface area (Å²) in [6.07, 6.45) is 0.977. The minimum absolute atomic E-state index is 0.151. The van der Waals surface area contributed by atoms with Crippen molar-refractivity contribution in [1.82, 2.24) is 14.7 Å². The van der Waals surface area contributed by atoms with Crippen molar-refractivity contribution in [3.8, 4) is 6.07 Å². The van der Waals surface area contributed by atoms with Crippen molar-refractivity contribution in [3.63, 3.8) is 0 Å². The van der Waals surface area contributed by atoms with Crippen LogP contribution in [0.5, 0.6) is 0 Å². The van der Waals surface area contributed by atoms with E-state index in [9.17, 15) is 4.79 Å². The third-order valence-corrected chi connectivity index (χ3v) is 3.07. The predicted octanol–water partition coefficient (Wildman–Crippen LogP) is 0.939. The Hall–Kier alpha value is -2.03. The van der Waals surface area contributed by atoms with Gasteiger partial charge in [0.25, 0.3) is 5.91 Å². The number of carbonyl (C=O) groups is 1. The third-order valence-electron chi connectivity index (χ3n) is 3.07. The highest BCUT2D eigenvalue weighted by Crippen LogP contribution is 2.19. The van der Waals surface area contributed by atoms with Gasteiger partial charge in [0.1, 0.15) is 5.69 Å². The van der Waals surface area contributed by atoms with Crippen LogP contribution < -0.4 is 5.73 Å². The number of anilines is 1. The second kappa shape index (κ2) is 5.54. The van der Waals surface area contributed by atoms with Gasteiger partial charge >= 0.3 is 0 Å². The number of aryl methyl sites for hydroxylation is 2. The van der Waals surface area contributed by atoms with Gasteiger partial charge in [-0.25, -0.2) is 0 Å². The molecule has 1 unspecified atom stereocenters. The van der Waals surface area contributed by atoms with Gasteiger partial charge in [-0.05, 0) is 13.3 Å². The highest BCUT2D eigenvalue weighted by molar-refractivity contribution is 5.98. The van der Waals surface area contributed by atoms with Crippen molar-refractivity contribution in [2.75, 3.05) is 12.8 Å². The molecule has 6 nitrogen and oxygen atoms in total. The average Bonchev–Trinajstić information content (AvgIpc) is 2.62. The van der Waals surface area contributed by atoms with Crippen molar-refractivity contribution in [2.24, 2.45) is 7.05 Å². The van der Waals surface area contributed by atoms with Gasteiger partial charge in [0.05, 0.1) is 23.9 Å². The van der Waals surface area contributed by atoms with E-state index in [0.717, 1.165) is 5.69 Å². The zero-order chi connectivity index (χ0) is 13.9. The summed E-state index contributed by atoms with van der Waals surface area (Å²) in [5.74, 6) is -0.204. The molecule has 0 aliphatic heterocycles. The number of nitriles is 1. The number of nitrogen functional groups attached to an aromatic ring is 1. The normalized spacial score (nSPS) is 11.9. The van der Waals surface area contributed by atoms with Crippen LogP contribution in [0.1, 0.15) is 36.5 Å². The van der Waals surface area contributed by atoms with Crippen molar-refractivity contribution in [3.05, 3.63) is 11.4 Å². The second-order valence-corrected chi connectivity index (χ2v) is 4.31. The molecule has 0 bridgehead atoms. The monoisotopic (exact) mass is 249 g/mol. The molecule has 0 aliphatic carbocycles. The number of nitrogens with two attached hydrogens (primary N) is 1. The van der Waals surface area contributed by atoms with Gasteiger partial charge in [0.15, 0.2) is 0 Å². The number of rotatable bonds is 4. The molecular formula is C12H19N5O. The molecule has 18 heavy (non-hydrogen) atoms.